The predicted octanol–water partition coefficient (Wildman–Crippen LogP) is 2.36. The molecule has 0 saturated heterocycles. The van der Waals surface area contributed by atoms with Gasteiger partial charge < -0.3 is 5.11 Å². The summed E-state index contributed by atoms with van der Waals surface area (Å²) in [6.45, 7) is 6.26. The highest BCUT2D eigenvalue weighted by Crippen LogP contribution is 2.43. The lowest BCUT2D eigenvalue weighted by Crippen LogP contribution is -2.06. The Morgan fingerprint density at radius 1 is 1.64 bits per heavy atom. The van der Waals surface area contributed by atoms with Gasteiger partial charge in [-0.05, 0) is 32.1 Å². The molecule has 0 bridgehead atoms. The second kappa shape index (κ2) is 3.40. The summed E-state index contributed by atoms with van der Waals surface area (Å²) in [5.41, 5.74) is 1.22. The van der Waals surface area contributed by atoms with Gasteiger partial charge in [0.05, 0.1) is 6.10 Å². The standard InChI is InChI=1S/C10H18O/c1-4-8-6-9(8)10(11)5-7(2)3/h5,8-11H,4,6H2,1-3H3/t8-,9-,10?/m1/s1. The van der Waals surface area contributed by atoms with Crippen LogP contribution in [0.1, 0.15) is 33.6 Å². The van der Waals surface area contributed by atoms with Gasteiger partial charge >= 0.3 is 0 Å². The summed E-state index contributed by atoms with van der Waals surface area (Å²) >= 11 is 0. The molecule has 0 aliphatic heterocycles. The minimum atomic E-state index is -0.176. The van der Waals surface area contributed by atoms with Crippen LogP contribution < -0.4 is 0 Å². The zero-order valence-corrected chi connectivity index (χ0v) is 7.67. The lowest BCUT2D eigenvalue weighted by Gasteiger charge is -2.04. The Balaban J connectivity index is 2.33. The number of rotatable bonds is 3. The van der Waals surface area contributed by atoms with Crippen molar-refractivity contribution >= 4 is 0 Å². The molecule has 0 radical (unpaired) electrons. The van der Waals surface area contributed by atoms with Crippen molar-refractivity contribution in [2.45, 2.75) is 39.7 Å². The van der Waals surface area contributed by atoms with E-state index in [1.165, 1.54) is 18.4 Å². The van der Waals surface area contributed by atoms with Crippen molar-refractivity contribution in [1.29, 1.82) is 0 Å². The molecule has 0 heterocycles. The van der Waals surface area contributed by atoms with Crippen LogP contribution in [-0.4, -0.2) is 11.2 Å². The first-order valence-corrected chi connectivity index (χ1v) is 4.48. The molecule has 1 aliphatic rings. The minimum absolute atomic E-state index is 0.176. The first-order chi connectivity index (χ1) is 5.15. The van der Waals surface area contributed by atoms with Gasteiger partial charge in [0.1, 0.15) is 0 Å². The summed E-state index contributed by atoms with van der Waals surface area (Å²) in [7, 11) is 0. The lowest BCUT2D eigenvalue weighted by molar-refractivity contribution is 0.191. The van der Waals surface area contributed by atoms with Crippen molar-refractivity contribution in [1.82, 2.24) is 0 Å². The Hall–Kier alpha value is -0.300. The van der Waals surface area contributed by atoms with Crippen LogP contribution in [0.5, 0.6) is 0 Å². The van der Waals surface area contributed by atoms with E-state index in [4.69, 9.17) is 0 Å². The van der Waals surface area contributed by atoms with Crippen molar-refractivity contribution in [2.24, 2.45) is 11.8 Å². The molecule has 64 valence electrons. The first-order valence-electron chi connectivity index (χ1n) is 4.48. The molecular weight excluding hydrogens is 136 g/mol. The molecule has 1 fully saturated rings. The molecule has 0 aromatic carbocycles. The molecule has 0 aromatic heterocycles. The third kappa shape index (κ3) is 2.33. The van der Waals surface area contributed by atoms with Crippen molar-refractivity contribution in [3.63, 3.8) is 0 Å². The van der Waals surface area contributed by atoms with Crippen LogP contribution in [0, 0.1) is 11.8 Å². The molecular formula is C10H18O. The fourth-order valence-electron chi connectivity index (χ4n) is 1.62. The van der Waals surface area contributed by atoms with Crippen LogP contribution in [0.25, 0.3) is 0 Å². The predicted molar refractivity (Wildman–Crippen MR) is 47.3 cm³/mol. The molecule has 1 unspecified atom stereocenters. The summed E-state index contributed by atoms with van der Waals surface area (Å²) in [5.74, 6) is 1.36. The topological polar surface area (TPSA) is 20.2 Å². The van der Waals surface area contributed by atoms with Gasteiger partial charge in [0, 0.05) is 0 Å². The highest BCUT2D eigenvalue weighted by atomic mass is 16.3. The van der Waals surface area contributed by atoms with Crippen molar-refractivity contribution in [3.8, 4) is 0 Å². The summed E-state index contributed by atoms with van der Waals surface area (Å²) < 4.78 is 0. The van der Waals surface area contributed by atoms with E-state index in [2.05, 4.69) is 6.92 Å². The maximum Gasteiger partial charge on any atom is 0.0754 e. The average molecular weight is 154 g/mol. The highest BCUT2D eigenvalue weighted by Gasteiger charge is 2.39. The third-order valence-corrected chi connectivity index (χ3v) is 2.44. The van der Waals surface area contributed by atoms with E-state index < -0.39 is 0 Å². The van der Waals surface area contributed by atoms with Gasteiger partial charge in [-0.15, -0.1) is 0 Å². The van der Waals surface area contributed by atoms with E-state index in [1.54, 1.807) is 0 Å². The second-order valence-electron chi connectivity index (χ2n) is 3.80. The Morgan fingerprint density at radius 3 is 2.64 bits per heavy atom. The zero-order valence-electron chi connectivity index (χ0n) is 7.67. The third-order valence-electron chi connectivity index (χ3n) is 2.44. The quantitative estimate of drug-likeness (QED) is 0.619. The Morgan fingerprint density at radius 2 is 2.27 bits per heavy atom. The van der Waals surface area contributed by atoms with Crippen LogP contribution in [0.4, 0.5) is 0 Å². The molecule has 0 spiro atoms. The van der Waals surface area contributed by atoms with E-state index in [0.29, 0.717) is 5.92 Å². The molecule has 3 atom stereocenters. The maximum atomic E-state index is 9.58. The number of aliphatic hydroxyl groups is 1. The van der Waals surface area contributed by atoms with Crippen LogP contribution in [0.2, 0.25) is 0 Å². The van der Waals surface area contributed by atoms with Crippen LogP contribution >= 0.6 is 0 Å². The van der Waals surface area contributed by atoms with E-state index >= 15 is 0 Å². The summed E-state index contributed by atoms with van der Waals surface area (Å²) in [5, 5.41) is 9.58. The van der Waals surface area contributed by atoms with Gasteiger partial charge in [-0.25, -0.2) is 0 Å². The normalized spacial score (nSPS) is 31.3. The Bertz CT molecular complexity index is 156. The highest BCUT2D eigenvalue weighted by molar-refractivity contribution is 5.05. The fraction of sp³-hybridized carbons (Fsp3) is 0.800. The molecule has 1 aliphatic carbocycles. The van der Waals surface area contributed by atoms with E-state index in [-0.39, 0.29) is 6.10 Å². The Kier molecular flexibility index (Phi) is 2.72. The first kappa shape index (κ1) is 8.79. The largest absolute Gasteiger partial charge is 0.389 e. The molecule has 1 saturated carbocycles. The Labute approximate surface area is 69.1 Å². The zero-order chi connectivity index (χ0) is 8.43. The average Bonchev–Trinajstić information content (AvgIpc) is 2.63. The van der Waals surface area contributed by atoms with Crippen LogP contribution in [0.15, 0.2) is 11.6 Å². The molecule has 11 heavy (non-hydrogen) atoms. The molecule has 0 amide bonds. The van der Waals surface area contributed by atoms with Crippen LogP contribution in [-0.2, 0) is 0 Å². The van der Waals surface area contributed by atoms with Gasteiger partial charge in [0.15, 0.2) is 0 Å². The fourth-order valence-corrected chi connectivity index (χ4v) is 1.62. The van der Waals surface area contributed by atoms with Gasteiger partial charge in [0.2, 0.25) is 0 Å². The van der Waals surface area contributed by atoms with Crippen molar-refractivity contribution < 1.29 is 5.11 Å². The molecule has 1 rings (SSSR count). The number of hydrogen-bond donors (Lipinski definition) is 1. The molecule has 1 heteroatoms. The summed E-state index contributed by atoms with van der Waals surface area (Å²) in [4.78, 5) is 0. The number of aliphatic hydroxyl groups excluding tert-OH is 1. The smallest absolute Gasteiger partial charge is 0.0754 e. The minimum Gasteiger partial charge on any atom is -0.389 e. The number of allylic oxidation sites excluding steroid dienone is 1. The maximum absolute atomic E-state index is 9.58. The monoisotopic (exact) mass is 154 g/mol. The van der Waals surface area contributed by atoms with Crippen molar-refractivity contribution in [3.05, 3.63) is 11.6 Å². The summed E-state index contributed by atoms with van der Waals surface area (Å²) in [6.07, 6.45) is 4.24. The lowest BCUT2D eigenvalue weighted by atomic mass is 10.1. The molecule has 1 N–H and O–H groups in total. The molecule has 0 aromatic rings. The van der Waals surface area contributed by atoms with Gasteiger partial charge in [-0.3, -0.25) is 0 Å². The summed E-state index contributed by atoms with van der Waals surface area (Å²) in [6, 6.07) is 0. The molecule has 1 nitrogen and oxygen atoms in total. The van der Waals surface area contributed by atoms with Crippen molar-refractivity contribution in [2.75, 3.05) is 0 Å². The van der Waals surface area contributed by atoms with E-state index in [9.17, 15) is 5.11 Å². The number of hydrogen-bond acceptors (Lipinski definition) is 1. The second-order valence-corrected chi connectivity index (χ2v) is 3.80. The van der Waals surface area contributed by atoms with E-state index in [1.807, 2.05) is 19.9 Å². The van der Waals surface area contributed by atoms with Gasteiger partial charge in [-0.2, -0.15) is 0 Å². The van der Waals surface area contributed by atoms with E-state index in [0.717, 1.165) is 5.92 Å². The SMILES string of the molecule is CC[C@@H]1C[C@H]1C(O)C=C(C)C. The van der Waals surface area contributed by atoms with Gasteiger partial charge in [0.25, 0.3) is 0 Å². The van der Waals surface area contributed by atoms with Crippen LogP contribution in [0.3, 0.4) is 0 Å². The van der Waals surface area contributed by atoms with Gasteiger partial charge in [-0.1, -0.05) is 25.0 Å².